The molecule has 0 saturated carbocycles. The molecule has 3 heterocycles. The first-order valence-corrected chi connectivity index (χ1v) is 19.2. The fourth-order valence-corrected chi connectivity index (χ4v) is 10.9. The highest BCUT2D eigenvalue weighted by atomic mass is 35.5. The lowest BCUT2D eigenvalue weighted by molar-refractivity contribution is 0.0267. The van der Waals surface area contributed by atoms with Crippen molar-refractivity contribution >= 4 is 78.2 Å². The molecule has 15 heteroatoms. The van der Waals surface area contributed by atoms with E-state index < -0.39 is 26.1 Å². The molecule has 3 aromatic carbocycles. The quantitative estimate of drug-likeness (QED) is 0.246. The van der Waals surface area contributed by atoms with Crippen LogP contribution < -0.4 is 4.48 Å². The minimum Gasteiger partial charge on any atom is -0.415 e. The number of rotatable bonds is 6. The fraction of sp³-hybridized carbons (Fsp3) is 0.387. The van der Waals surface area contributed by atoms with Crippen molar-refractivity contribution < 1.29 is 26.4 Å². The first-order chi connectivity index (χ1) is 21.8. The summed E-state index contributed by atoms with van der Waals surface area (Å²) in [5, 5.41) is 0.828. The molecule has 9 nitrogen and oxygen atoms in total. The van der Waals surface area contributed by atoms with Crippen molar-refractivity contribution in [2.24, 2.45) is 0 Å². The van der Waals surface area contributed by atoms with Crippen LogP contribution in [0.2, 0.25) is 20.1 Å². The second-order valence-corrected chi connectivity index (χ2v) is 17.3. The van der Waals surface area contributed by atoms with E-state index in [9.17, 15) is 21.6 Å². The Bertz CT molecular complexity index is 1810. The van der Waals surface area contributed by atoms with Crippen LogP contribution in [-0.4, -0.2) is 69.8 Å². The Labute approximate surface area is 289 Å². The normalized spacial score (nSPS) is 20.3. The maximum atomic E-state index is 14.2. The summed E-state index contributed by atoms with van der Waals surface area (Å²) < 4.78 is 62.9. The van der Waals surface area contributed by atoms with Crippen LogP contribution in [0.1, 0.15) is 36.8 Å². The van der Waals surface area contributed by atoms with Gasteiger partial charge in [0.15, 0.2) is 5.69 Å². The lowest BCUT2D eigenvalue weighted by Crippen LogP contribution is -2.71. The third-order valence-electron chi connectivity index (χ3n) is 9.40. The van der Waals surface area contributed by atoms with Crippen LogP contribution in [0.15, 0.2) is 64.4 Å². The topological polar surface area (TPSA) is 101 Å². The number of hydrogen-bond donors (Lipinski definition) is 0. The number of amides is 1. The summed E-state index contributed by atoms with van der Waals surface area (Å²) in [4.78, 5) is 14.3. The standard InChI is InChI=1S/C31H32Cl4N3O6S2/c1-20-3-2-4-21-19-44-31(39)38(30(20)21,22-9-13-36(14-10-22)45(40,41)24-5-7-26(32)28(34)17-24)23-11-15-37(16-12-23)46(42,43)25-6-8-27(33)29(35)18-25/h2-8,17-18,22-23H,9-16,19H2,1H3/q+1. The number of piperidine rings is 2. The van der Waals surface area contributed by atoms with Crippen molar-refractivity contribution in [2.75, 3.05) is 26.2 Å². The summed E-state index contributed by atoms with van der Waals surface area (Å²) in [5.74, 6) is 0. The Hall–Kier alpha value is -1.93. The Morgan fingerprint density at radius 1 is 0.696 bits per heavy atom. The van der Waals surface area contributed by atoms with Gasteiger partial charge in [0.05, 0.1) is 35.4 Å². The summed E-state index contributed by atoms with van der Waals surface area (Å²) in [6.45, 7) is 2.86. The van der Waals surface area contributed by atoms with E-state index in [1.165, 1.54) is 45.0 Å². The van der Waals surface area contributed by atoms with Gasteiger partial charge in [0, 0.05) is 57.4 Å². The van der Waals surface area contributed by atoms with Gasteiger partial charge in [0.25, 0.3) is 0 Å². The van der Waals surface area contributed by atoms with Gasteiger partial charge in [-0.05, 0) is 49.4 Å². The lowest BCUT2D eigenvalue weighted by atomic mass is 9.89. The molecule has 2 fully saturated rings. The van der Waals surface area contributed by atoms with E-state index in [1.807, 2.05) is 25.1 Å². The average Bonchev–Trinajstić information content (AvgIpc) is 3.04. The van der Waals surface area contributed by atoms with Gasteiger partial charge >= 0.3 is 6.09 Å². The zero-order valence-corrected chi connectivity index (χ0v) is 29.5. The monoisotopic (exact) mass is 746 g/mol. The number of para-hydroxylation sites is 1. The molecule has 0 N–H and O–H groups in total. The second kappa shape index (κ2) is 12.8. The van der Waals surface area contributed by atoms with Crippen LogP contribution in [0.4, 0.5) is 10.5 Å². The Balaban J connectivity index is 1.31. The number of fused-ring (bicyclic) bond motifs is 1. The van der Waals surface area contributed by atoms with Gasteiger partial charge in [-0.2, -0.15) is 17.9 Å². The Morgan fingerprint density at radius 2 is 1.15 bits per heavy atom. The van der Waals surface area contributed by atoms with Crippen molar-refractivity contribution in [3.63, 3.8) is 0 Å². The number of benzene rings is 3. The average molecular weight is 749 g/mol. The van der Waals surface area contributed by atoms with Crippen LogP contribution in [0.25, 0.3) is 0 Å². The van der Waals surface area contributed by atoms with Crippen LogP contribution in [0.3, 0.4) is 0 Å². The number of sulfonamides is 2. The molecule has 2 saturated heterocycles. The molecular weight excluding hydrogens is 716 g/mol. The van der Waals surface area contributed by atoms with Crippen LogP contribution in [-0.2, 0) is 31.4 Å². The van der Waals surface area contributed by atoms with E-state index in [-0.39, 0.29) is 79.2 Å². The molecule has 1 amide bonds. The smallest absolute Gasteiger partial charge is 0.415 e. The van der Waals surface area contributed by atoms with E-state index in [0.717, 1.165) is 16.8 Å². The van der Waals surface area contributed by atoms with E-state index in [2.05, 4.69) is 0 Å². The third-order valence-corrected chi connectivity index (χ3v) is 14.7. The highest BCUT2D eigenvalue weighted by molar-refractivity contribution is 7.89. The predicted molar refractivity (Wildman–Crippen MR) is 180 cm³/mol. The zero-order chi connectivity index (χ0) is 33.0. The molecule has 46 heavy (non-hydrogen) atoms. The first kappa shape index (κ1) is 34.0. The predicted octanol–water partition coefficient (Wildman–Crippen LogP) is 7.27. The van der Waals surface area contributed by atoms with Crippen molar-refractivity contribution in [1.29, 1.82) is 0 Å². The van der Waals surface area contributed by atoms with Crippen LogP contribution >= 0.6 is 46.4 Å². The minimum atomic E-state index is -3.86. The number of carbonyl (C=O) groups excluding carboxylic acids is 1. The molecule has 0 aromatic heterocycles. The van der Waals surface area contributed by atoms with Gasteiger partial charge in [-0.3, -0.25) is 0 Å². The van der Waals surface area contributed by atoms with Gasteiger partial charge in [0.2, 0.25) is 20.0 Å². The second-order valence-electron chi connectivity index (χ2n) is 11.8. The number of halogens is 4. The summed E-state index contributed by atoms with van der Waals surface area (Å²) in [7, 11) is -7.72. The molecule has 0 aliphatic carbocycles. The molecule has 3 aromatic rings. The molecule has 0 unspecified atom stereocenters. The van der Waals surface area contributed by atoms with Crippen molar-refractivity contribution in [1.82, 2.24) is 13.1 Å². The Kier molecular flexibility index (Phi) is 9.47. The van der Waals surface area contributed by atoms with Gasteiger partial charge in [-0.1, -0.05) is 58.5 Å². The number of carbonyl (C=O) groups is 1. The SMILES string of the molecule is Cc1cccc2c1[N+](C1CCN(S(=O)(=O)c3ccc(Cl)c(Cl)c3)CC1)(C1CCN(S(=O)(=O)c3ccc(Cl)c(Cl)c3)CC1)C(=O)OC2. The number of aryl methyl sites for hydroxylation is 1. The van der Waals surface area contributed by atoms with Crippen molar-refractivity contribution in [2.45, 2.75) is 61.1 Å². The largest absolute Gasteiger partial charge is 0.522 e. The molecule has 0 atom stereocenters. The molecular formula is C31H32Cl4N3O6S2+. The summed E-state index contributed by atoms with van der Waals surface area (Å²) in [5.41, 5.74) is 2.71. The fourth-order valence-electron chi connectivity index (χ4n) is 7.22. The number of cyclic esters (lactones) is 1. The lowest BCUT2D eigenvalue weighted by Gasteiger charge is -2.52. The maximum Gasteiger partial charge on any atom is 0.522 e. The summed E-state index contributed by atoms with van der Waals surface area (Å²) >= 11 is 24.3. The maximum absolute atomic E-state index is 14.2. The number of ether oxygens (including phenoxy) is 1. The van der Waals surface area contributed by atoms with E-state index in [0.29, 0.717) is 25.7 Å². The summed E-state index contributed by atoms with van der Waals surface area (Å²) in [6.07, 6.45) is 1.19. The third kappa shape index (κ3) is 5.75. The number of nitrogens with zero attached hydrogens (tertiary/aromatic N) is 3. The molecule has 246 valence electrons. The zero-order valence-electron chi connectivity index (χ0n) is 24.8. The van der Waals surface area contributed by atoms with E-state index in [1.54, 1.807) is 0 Å². The van der Waals surface area contributed by atoms with Gasteiger partial charge in [0.1, 0.15) is 18.7 Å². The molecule has 6 rings (SSSR count). The summed E-state index contributed by atoms with van der Waals surface area (Å²) in [6, 6.07) is 13.8. The first-order valence-electron chi connectivity index (χ1n) is 14.8. The van der Waals surface area contributed by atoms with Gasteiger partial charge in [-0.25, -0.2) is 16.8 Å². The van der Waals surface area contributed by atoms with Crippen LogP contribution in [0, 0.1) is 6.92 Å². The number of quaternary nitrogens is 1. The molecule has 0 spiro atoms. The molecule has 3 aliphatic heterocycles. The van der Waals surface area contributed by atoms with E-state index >= 15 is 0 Å². The molecule has 3 aliphatic rings. The Morgan fingerprint density at radius 3 is 1.59 bits per heavy atom. The molecule has 0 radical (unpaired) electrons. The highest BCUT2D eigenvalue weighted by Gasteiger charge is 2.59. The van der Waals surface area contributed by atoms with Crippen molar-refractivity contribution in [3.05, 3.63) is 85.8 Å². The molecule has 0 bridgehead atoms. The van der Waals surface area contributed by atoms with Gasteiger partial charge in [-0.15, -0.1) is 0 Å². The highest BCUT2D eigenvalue weighted by Crippen LogP contribution is 2.46. The van der Waals surface area contributed by atoms with Gasteiger partial charge < -0.3 is 4.74 Å². The number of hydrogen-bond acceptors (Lipinski definition) is 6. The van der Waals surface area contributed by atoms with Crippen molar-refractivity contribution in [3.8, 4) is 0 Å². The van der Waals surface area contributed by atoms with E-state index in [4.69, 9.17) is 51.1 Å². The van der Waals surface area contributed by atoms with Crippen LogP contribution in [0.5, 0.6) is 0 Å². The minimum absolute atomic E-state index is 0.0541.